The van der Waals surface area contributed by atoms with Gasteiger partial charge in [-0.2, -0.15) is 5.10 Å². The highest BCUT2D eigenvalue weighted by Crippen LogP contribution is 2.14. The summed E-state index contributed by atoms with van der Waals surface area (Å²) in [7, 11) is 0. The van der Waals surface area contributed by atoms with Crippen LogP contribution >= 0.6 is 0 Å². The molecule has 1 rings (SSSR count). The minimum absolute atomic E-state index is 0.701. The second-order valence-electron chi connectivity index (χ2n) is 4.55. The van der Waals surface area contributed by atoms with Crippen LogP contribution in [-0.4, -0.2) is 16.3 Å². The maximum Gasteiger partial charge on any atom is 0.0628 e. The third-order valence-electron chi connectivity index (χ3n) is 3.20. The molecule has 0 radical (unpaired) electrons. The smallest absolute Gasteiger partial charge is 0.0628 e. The van der Waals surface area contributed by atoms with Crippen LogP contribution in [0, 0.1) is 13.8 Å². The lowest BCUT2D eigenvalue weighted by Crippen LogP contribution is -2.06. The highest BCUT2D eigenvalue weighted by Gasteiger charge is 2.09. The molecule has 0 aliphatic heterocycles. The molecule has 0 saturated carbocycles. The van der Waals surface area contributed by atoms with Crippen molar-refractivity contribution < 1.29 is 0 Å². The second-order valence-corrected chi connectivity index (χ2v) is 4.55. The van der Waals surface area contributed by atoms with Crippen LogP contribution in [-0.2, 0) is 13.0 Å². The summed E-state index contributed by atoms with van der Waals surface area (Å²) >= 11 is 0. The van der Waals surface area contributed by atoms with E-state index >= 15 is 0 Å². The predicted molar refractivity (Wildman–Crippen MR) is 73.1 cm³/mol. The largest absolute Gasteiger partial charge is 0.330 e. The second kappa shape index (κ2) is 7.28. The lowest BCUT2D eigenvalue weighted by Gasteiger charge is -2.05. The van der Waals surface area contributed by atoms with Crippen molar-refractivity contribution >= 4 is 0 Å². The molecule has 0 aromatic carbocycles. The van der Waals surface area contributed by atoms with Gasteiger partial charge < -0.3 is 5.73 Å². The van der Waals surface area contributed by atoms with Crippen LogP contribution < -0.4 is 5.73 Å². The Balaban J connectivity index is 2.48. The van der Waals surface area contributed by atoms with Crippen LogP contribution in [0.4, 0.5) is 0 Å². The van der Waals surface area contributed by atoms with E-state index in [1.54, 1.807) is 0 Å². The Morgan fingerprint density at radius 3 is 2.71 bits per heavy atom. The number of hydrogen-bond donors (Lipinski definition) is 1. The Labute approximate surface area is 105 Å². The number of aryl methyl sites for hydroxylation is 2. The number of unbranched alkanes of at least 4 members (excludes halogenated alkanes) is 3. The summed E-state index contributed by atoms with van der Waals surface area (Å²) < 4.78 is 2.13. The summed E-state index contributed by atoms with van der Waals surface area (Å²) in [4.78, 5) is 0. The summed E-state index contributed by atoms with van der Waals surface area (Å²) in [5.74, 6) is 0. The van der Waals surface area contributed by atoms with Gasteiger partial charge in [0, 0.05) is 12.2 Å². The Morgan fingerprint density at radius 1 is 1.29 bits per heavy atom. The number of nitrogens with zero attached hydrogens (tertiary/aromatic N) is 2. The van der Waals surface area contributed by atoms with Gasteiger partial charge in [-0.15, -0.1) is 6.58 Å². The average molecular weight is 235 g/mol. The SMILES string of the molecule is C=CCCCCCn1nc(C)c(CCN)c1C. The molecule has 0 fully saturated rings. The van der Waals surface area contributed by atoms with Gasteiger partial charge in [0.2, 0.25) is 0 Å². The van der Waals surface area contributed by atoms with Gasteiger partial charge in [-0.3, -0.25) is 4.68 Å². The van der Waals surface area contributed by atoms with Gasteiger partial charge in [-0.25, -0.2) is 0 Å². The van der Waals surface area contributed by atoms with Crippen LogP contribution in [0.3, 0.4) is 0 Å². The molecule has 17 heavy (non-hydrogen) atoms. The van der Waals surface area contributed by atoms with Crippen LogP contribution in [0.1, 0.15) is 42.6 Å². The van der Waals surface area contributed by atoms with Crippen molar-refractivity contribution in [3.8, 4) is 0 Å². The van der Waals surface area contributed by atoms with E-state index in [0.29, 0.717) is 6.54 Å². The van der Waals surface area contributed by atoms with Crippen molar-refractivity contribution in [1.29, 1.82) is 0 Å². The van der Waals surface area contributed by atoms with E-state index in [4.69, 9.17) is 5.73 Å². The van der Waals surface area contributed by atoms with E-state index in [1.807, 2.05) is 6.08 Å². The molecule has 2 N–H and O–H groups in total. The summed E-state index contributed by atoms with van der Waals surface area (Å²) in [5, 5.41) is 4.59. The third-order valence-corrected chi connectivity index (χ3v) is 3.20. The number of rotatable bonds is 8. The van der Waals surface area contributed by atoms with Crippen molar-refractivity contribution in [2.45, 2.75) is 52.5 Å². The van der Waals surface area contributed by atoms with Crippen molar-refractivity contribution in [1.82, 2.24) is 9.78 Å². The number of aromatic nitrogens is 2. The van der Waals surface area contributed by atoms with Crippen molar-refractivity contribution in [3.05, 3.63) is 29.6 Å². The Morgan fingerprint density at radius 2 is 2.06 bits per heavy atom. The van der Waals surface area contributed by atoms with Gasteiger partial charge in [-0.1, -0.05) is 12.5 Å². The first kappa shape index (κ1) is 14.0. The first-order chi connectivity index (χ1) is 8.20. The minimum atomic E-state index is 0.701. The van der Waals surface area contributed by atoms with E-state index in [9.17, 15) is 0 Å². The van der Waals surface area contributed by atoms with E-state index in [1.165, 1.54) is 30.5 Å². The van der Waals surface area contributed by atoms with Crippen molar-refractivity contribution in [2.75, 3.05) is 6.54 Å². The van der Waals surface area contributed by atoms with E-state index in [-0.39, 0.29) is 0 Å². The summed E-state index contributed by atoms with van der Waals surface area (Å²) in [6.45, 7) is 9.68. The normalized spacial score (nSPS) is 10.8. The molecule has 0 spiro atoms. The van der Waals surface area contributed by atoms with Gasteiger partial charge >= 0.3 is 0 Å². The molecule has 1 heterocycles. The zero-order chi connectivity index (χ0) is 12.7. The standard InChI is InChI=1S/C14H25N3/c1-4-5-6-7-8-11-17-13(3)14(9-10-15)12(2)16-17/h4H,1,5-11,15H2,2-3H3. The summed E-state index contributed by atoms with van der Waals surface area (Å²) in [5.41, 5.74) is 9.37. The quantitative estimate of drug-likeness (QED) is 0.556. The molecule has 0 bridgehead atoms. The lowest BCUT2D eigenvalue weighted by molar-refractivity contribution is 0.533. The molecule has 1 aromatic rings. The molecule has 0 aliphatic carbocycles. The first-order valence-corrected chi connectivity index (χ1v) is 6.54. The Kier molecular flexibility index (Phi) is 5.98. The monoisotopic (exact) mass is 235 g/mol. The van der Waals surface area contributed by atoms with Crippen LogP contribution in [0.2, 0.25) is 0 Å². The first-order valence-electron chi connectivity index (χ1n) is 6.54. The zero-order valence-electron chi connectivity index (χ0n) is 11.2. The van der Waals surface area contributed by atoms with Gasteiger partial charge in [-0.05, 0) is 51.6 Å². The Bertz CT molecular complexity index is 353. The molecule has 3 nitrogen and oxygen atoms in total. The minimum Gasteiger partial charge on any atom is -0.330 e. The van der Waals surface area contributed by atoms with Crippen LogP contribution in [0.25, 0.3) is 0 Å². The zero-order valence-corrected chi connectivity index (χ0v) is 11.2. The Hall–Kier alpha value is -1.09. The molecule has 1 aromatic heterocycles. The molecule has 0 unspecified atom stereocenters. The lowest BCUT2D eigenvalue weighted by atomic mass is 10.1. The van der Waals surface area contributed by atoms with Crippen molar-refractivity contribution in [2.24, 2.45) is 5.73 Å². The predicted octanol–water partition coefficient (Wildman–Crippen LogP) is 2.75. The van der Waals surface area contributed by atoms with Gasteiger partial charge in [0.25, 0.3) is 0 Å². The summed E-state index contributed by atoms with van der Waals surface area (Å²) in [6.07, 6.45) is 7.72. The molecular formula is C14H25N3. The topological polar surface area (TPSA) is 43.8 Å². The van der Waals surface area contributed by atoms with Crippen molar-refractivity contribution in [3.63, 3.8) is 0 Å². The van der Waals surface area contributed by atoms with E-state index in [0.717, 1.165) is 25.1 Å². The van der Waals surface area contributed by atoms with E-state index in [2.05, 4.69) is 30.2 Å². The molecule has 0 amide bonds. The molecule has 0 atom stereocenters. The fourth-order valence-electron chi connectivity index (χ4n) is 2.18. The highest BCUT2D eigenvalue weighted by atomic mass is 15.3. The van der Waals surface area contributed by atoms with Gasteiger partial charge in [0.1, 0.15) is 0 Å². The number of hydrogen-bond acceptors (Lipinski definition) is 2. The fraction of sp³-hybridized carbons (Fsp3) is 0.643. The fourth-order valence-corrected chi connectivity index (χ4v) is 2.18. The van der Waals surface area contributed by atoms with Crippen LogP contribution in [0.15, 0.2) is 12.7 Å². The molecular weight excluding hydrogens is 210 g/mol. The molecule has 0 saturated heterocycles. The van der Waals surface area contributed by atoms with Gasteiger partial charge in [0.15, 0.2) is 0 Å². The summed E-state index contributed by atoms with van der Waals surface area (Å²) in [6, 6.07) is 0. The molecule has 0 aliphatic rings. The van der Waals surface area contributed by atoms with E-state index < -0.39 is 0 Å². The molecule has 3 heteroatoms. The molecule has 96 valence electrons. The van der Waals surface area contributed by atoms with Gasteiger partial charge in [0.05, 0.1) is 5.69 Å². The maximum absolute atomic E-state index is 5.62. The highest BCUT2D eigenvalue weighted by molar-refractivity contribution is 5.24. The maximum atomic E-state index is 5.62. The third kappa shape index (κ3) is 4.00. The van der Waals surface area contributed by atoms with Crippen LogP contribution in [0.5, 0.6) is 0 Å². The number of nitrogens with two attached hydrogens (primary N) is 1. The number of allylic oxidation sites excluding steroid dienone is 1. The average Bonchev–Trinajstić information content (AvgIpc) is 2.57.